The number of sulfone groups is 1. The average molecular weight is 641 g/mol. The third-order valence-electron chi connectivity index (χ3n) is 7.32. The van der Waals surface area contributed by atoms with Gasteiger partial charge in [-0.2, -0.15) is 0 Å². The number of rotatable bonds is 11. The molecule has 0 amide bonds. The molecule has 5 rings (SSSR count). The van der Waals surface area contributed by atoms with Gasteiger partial charge in [0.15, 0.2) is 5.44 Å². The van der Waals surface area contributed by atoms with Gasteiger partial charge in [-0.15, -0.1) is 0 Å². The van der Waals surface area contributed by atoms with Crippen molar-refractivity contribution in [2.24, 2.45) is 0 Å². The van der Waals surface area contributed by atoms with Crippen molar-refractivity contribution in [3.8, 4) is 11.5 Å². The van der Waals surface area contributed by atoms with Gasteiger partial charge >= 0.3 is 0 Å². The molecule has 216 valence electrons. The van der Waals surface area contributed by atoms with Crippen LogP contribution in [0.3, 0.4) is 0 Å². The second-order valence-electron chi connectivity index (χ2n) is 9.89. The number of para-hydroxylation sites is 1. The molecule has 0 spiro atoms. The van der Waals surface area contributed by atoms with E-state index in [1.165, 1.54) is 0 Å². The van der Waals surface area contributed by atoms with Crippen LogP contribution < -0.4 is 14.4 Å². The number of methoxy groups -OCH3 is 1. The van der Waals surface area contributed by atoms with Crippen molar-refractivity contribution in [3.63, 3.8) is 0 Å². The molecule has 10 heteroatoms. The van der Waals surface area contributed by atoms with E-state index in [2.05, 4.69) is 42.8 Å². The molecule has 1 aliphatic rings. The smallest absolute Gasteiger partial charge is 0.204 e. The molecule has 1 aliphatic heterocycles. The predicted molar refractivity (Wildman–Crippen MR) is 164 cm³/mol. The van der Waals surface area contributed by atoms with Crippen LogP contribution in [0.5, 0.6) is 11.5 Å². The highest BCUT2D eigenvalue weighted by Crippen LogP contribution is 2.32. The minimum atomic E-state index is -3.54. The Bertz CT molecular complexity index is 1560. The monoisotopic (exact) mass is 639 g/mol. The van der Waals surface area contributed by atoms with Crippen LogP contribution in [0.25, 0.3) is 10.9 Å². The van der Waals surface area contributed by atoms with E-state index >= 15 is 0 Å². The number of nitrogens with zero attached hydrogens (tertiary/aromatic N) is 3. The quantitative estimate of drug-likeness (QED) is 0.212. The number of piperazine rings is 1. The van der Waals surface area contributed by atoms with Gasteiger partial charge in [0.2, 0.25) is 9.84 Å². The van der Waals surface area contributed by atoms with E-state index < -0.39 is 15.3 Å². The van der Waals surface area contributed by atoms with Crippen molar-refractivity contribution in [2.75, 3.05) is 51.3 Å². The lowest BCUT2D eigenvalue weighted by Gasteiger charge is -2.36. The molecule has 1 atom stereocenters. The number of pyridine rings is 1. The minimum absolute atomic E-state index is 0.265. The summed E-state index contributed by atoms with van der Waals surface area (Å²) in [7, 11) is -1.89. The van der Waals surface area contributed by atoms with Gasteiger partial charge in [0.1, 0.15) is 23.6 Å². The Kier molecular flexibility index (Phi) is 9.44. The number of aromatic nitrogens is 1. The van der Waals surface area contributed by atoms with Crippen LogP contribution in [-0.4, -0.2) is 70.2 Å². The molecule has 2 heterocycles. The molecule has 1 fully saturated rings. The highest BCUT2D eigenvalue weighted by atomic mass is 79.9. The molecule has 1 unspecified atom stereocenters. The van der Waals surface area contributed by atoms with E-state index in [1.807, 2.05) is 42.6 Å². The predicted octanol–water partition coefficient (Wildman–Crippen LogP) is 5.54. The Morgan fingerprint density at radius 2 is 1.68 bits per heavy atom. The molecule has 0 radical (unpaired) electrons. The second-order valence-corrected chi connectivity index (χ2v) is 13.0. The Hall–Kier alpha value is -3.18. The number of hydrogen-bond acceptors (Lipinski definition) is 8. The summed E-state index contributed by atoms with van der Waals surface area (Å²) in [4.78, 5) is 9.59. The normalized spacial score (nSPS) is 15.1. The zero-order valence-electron chi connectivity index (χ0n) is 23.2. The van der Waals surface area contributed by atoms with Gasteiger partial charge in [-0.3, -0.25) is 9.88 Å². The van der Waals surface area contributed by atoms with Crippen LogP contribution in [0.15, 0.2) is 88.4 Å². The zero-order valence-corrected chi connectivity index (χ0v) is 25.6. The number of fused-ring (bicyclic) bond motifs is 1. The molecule has 1 aromatic heterocycles. The van der Waals surface area contributed by atoms with E-state index in [1.54, 1.807) is 38.3 Å². The van der Waals surface area contributed by atoms with Crippen molar-refractivity contribution in [3.05, 3.63) is 89.0 Å². The van der Waals surface area contributed by atoms with E-state index in [0.717, 1.165) is 64.3 Å². The van der Waals surface area contributed by atoms with E-state index in [0.29, 0.717) is 19.8 Å². The first-order valence-corrected chi connectivity index (χ1v) is 15.9. The summed E-state index contributed by atoms with van der Waals surface area (Å²) in [6, 6.07) is 22.6. The Morgan fingerprint density at radius 1 is 0.951 bits per heavy atom. The van der Waals surface area contributed by atoms with Crippen LogP contribution in [0, 0.1) is 0 Å². The summed E-state index contributed by atoms with van der Waals surface area (Å²) < 4.78 is 43.6. The number of benzene rings is 3. The van der Waals surface area contributed by atoms with Crippen LogP contribution in [0.1, 0.15) is 12.5 Å². The average Bonchev–Trinajstić information content (AvgIpc) is 3.00. The maximum absolute atomic E-state index is 12.8. The van der Waals surface area contributed by atoms with Crippen LogP contribution in [0.2, 0.25) is 0 Å². The molecular formula is C31H34BrN3O5S. The van der Waals surface area contributed by atoms with Crippen LogP contribution in [0.4, 0.5) is 5.69 Å². The van der Waals surface area contributed by atoms with E-state index in [4.69, 9.17) is 14.2 Å². The fourth-order valence-corrected chi connectivity index (χ4v) is 6.31. The summed E-state index contributed by atoms with van der Waals surface area (Å²) in [5, 5.41) is 1.06. The Balaban J connectivity index is 1.15. The van der Waals surface area contributed by atoms with Crippen molar-refractivity contribution in [1.29, 1.82) is 0 Å². The molecular weight excluding hydrogens is 606 g/mol. The summed E-state index contributed by atoms with van der Waals surface area (Å²) in [5.74, 6) is 1.57. The highest BCUT2D eigenvalue weighted by Gasteiger charge is 2.25. The highest BCUT2D eigenvalue weighted by molar-refractivity contribution is 9.10. The number of hydrogen-bond donors (Lipinski definition) is 0. The molecule has 3 aromatic carbocycles. The standard InChI is InChI=1S/C31H34BrN3O5S/c1-23(41(36,37)27-12-8-25(32)9-13-27)39-21-20-34-16-18-35(19-17-34)29-14-15-33-31-28(29)4-3-5-30(31)40-22-24-6-10-26(38-2)11-7-24/h3-15,23H,16-22H2,1-2H3. The van der Waals surface area contributed by atoms with Crippen molar-refractivity contribution >= 4 is 42.4 Å². The van der Waals surface area contributed by atoms with E-state index in [9.17, 15) is 8.42 Å². The lowest BCUT2D eigenvalue weighted by molar-refractivity contribution is 0.0881. The maximum atomic E-state index is 12.8. The molecule has 0 N–H and O–H groups in total. The molecule has 0 bridgehead atoms. The second kappa shape index (κ2) is 13.2. The molecule has 0 saturated carbocycles. The van der Waals surface area contributed by atoms with Gasteiger partial charge in [-0.1, -0.05) is 40.2 Å². The van der Waals surface area contributed by atoms with Gasteiger partial charge in [0, 0.05) is 54.5 Å². The van der Waals surface area contributed by atoms with Crippen molar-refractivity contribution in [2.45, 2.75) is 23.9 Å². The topological polar surface area (TPSA) is 81.2 Å². The third kappa shape index (κ3) is 7.01. The van der Waals surface area contributed by atoms with Crippen molar-refractivity contribution in [1.82, 2.24) is 9.88 Å². The van der Waals surface area contributed by atoms with E-state index in [-0.39, 0.29) is 4.90 Å². The molecule has 4 aromatic rings. The summed E-state index contributed by atoms with van der Waals surface area (Å²) in [6.45, 7) is 6.48. The minimum Gasteiger partial charge on any atom is -0.497 e. The van der Waals surface area contributed by atoms with Gasteiger partial charge < -0.3 is 19.1 Å². The molecule has 41 heavy (non-hydrogen) atoms. The van der Waals surface area contributed by atoms with Crippen LogP contribution >= 0.6 is 15.9 Å². The third-order valence-corrected chi connectivity index (χ3v) is 9.78. The Morgan fingerprint density at radius 3 is 2.39 bits per heavy atom. The van der Waals surface area contributed by atoms with Crippen LogP contribution in [-0.2, 0) is 21.2 Å². The van der Waals surface area contributed by atoms with Gasteiger partial charge in [-0.25, -0.2) is 8.42 Å². The lowest BCUT2D eigenvalue weighted by atomic mass is 10.1. The number of anilines is 1. The summed E-state index contributed by atoms with van der Waals surface area (Å²) in [6.07, 6.45) is 1.84. The fourth-order valence-electron chi connectivity index (χ4n) is 4.88. The summed E-state index contributed by atoms with van der Waals surface area (Å²) >= 11 is 3.34. The lowest BCUT2D eigenvalue weighted by Crippen LogP contribution is -2.47. The molecule has 1 saturated heterocycles. The first-order valence-electron chi connectivity index (χ1n) is 13.6. The molecule has 8 nitrogen and oxygen atoms in total. The first-order chi connectivity index (χ1) is 19.8. The zero-order chi connectivity index (χ0) is 28.8. The molecule has 0 aliphatic carbocycles. The first kappa shape index (κ1) is 29.3. The van der Waals surface area contributed by atoms with Gasteiger partial charge in [0.05, 0.1) is 18.6 Å². The fraction of sp³-hybridized carbons (Fsp3) is 0.323. The number of halogens is 1. The summed E-state index contributed by atoms with van der Waals surface area (Å²) in [5.41, 5.74) is 2.12. The van der Waals surface area contributed by atoms with Crippen molar-refractivity contribution < 1.29 is 22.6 Å². The maximum Gasteiger partial charge on any atom is 0.204 e. The van der Waals surface area contributed by atoms with Gasteiger partial charge in [-0.05, 0) is 61.0 Å². The Labute approximate surface area is 249 Å². The SMILES string of the molecule is COc1ccc(COc2cccc3c(N4CCN(CCOC(C)S(=O)(=O)c5ccc(Br)cc5)CC4)ccnc23)cc1. The number of ether oxygens (including phenoxy) is 3. The van der Waals surface area contributed by atoms with Gasteiger partial charge in [0.25, 0.3) is 0 Å². The largest absolute Gasteiger partial charge is 0.497 e.